The highest BCUT2D eigenvalue weighted by Crippen LogP contribution is 2.40. The van der Waals surface area contributed by atoms with Crippen molar-refractivity contribution in [3.63, 3.8) is 0 Å². The molecule has 9 heteroatoms. The minimum absolute atomic E-state index is 0.323. The normalized spacial score (nSPS) is 15.0. The summed E-state index contributed by atoms with van der Waals surface area (Å²) in [6, 6.07) is 6.72. The highest BCUT2D eigenvalue weighted by molar-refractivity contribution is 7.17. The Labute approximate surface area is 189 Å². The maximum Gasteiger partial charge on any atom is 0.341 e. The number of fused-ring (bicyclic) bond motifs is 1. The number of nitrogens with one attached hydrogen (secondary N) is 2. The van der Waals surface area contributed by atoms with E-state index in [2.05, 4.69) is 22.2 Å². The summed E-state index contributed by atoms with van der Waals surface area (Å²) in [5, 5.41) is 3.17. The number of imidazole rings is 1. The van der Waals surface area contributed by atoms with Gasteiger partial charge >= 0.3 is 11.9 Å². The Morgan fingerprint density at radius 3 is 2.69 bits per heavy atom. The number of esters is 2. The van der Waals surface area contributed by atoms with Crippen LogP contribution in [0.1, 0.15) is 44.5 Å². The number of aromatic amines is 1. The highest BCUT2D eigenvalue weighted by atomic mass is 32.1. The summed E-state index contributed by atoms with van der Waals surface area (Å²) in [6.45, 7) is 1.71. The molecule has 0 aliphatic heterocycles. The molecule has 0 saturated heterocycles. The van der Waals surface area contributed by atoms with Crippen molar-refractivity contribution in [2.24, 2.45) is 5.92 Å². The van der Waals surface area contributed by atoms with E-state index in [-0.39, 0.29) is 0 Å². The molecule has 166 valence electrons. The van der Waals surface area contributed by atoms with Crippen LogP contribution in [0.5, 0.6) is 0 Å². The molecule has 3 aromatic rings. The van der Waals surface area contributed by atoms with E-state index in [0.717, 1.165) is 35.3 Å². The molecule has 1 amide bonds. The number of H-pyrrole nitrogens is 1. The minimum atomic E-state index is -0.612. The number of nitrogens with zero attached hydrogens (tertiary/aromatic N) is 1. The van der Waals surface area contributed by atoms with Gasteiger partial charge in [0.15, 0.2) is 6.61 Å². The second-order valence-corrected chi connectivity index (χ2v) is 8.79. The summed E-state index contributed by atoms with van der Waals surface area (Å²) in [5.74, 6) is -0.379. The van der Waals surface area contributed by atoms with E-state index in [9.17, 15) is 14.4 Å². The molecule has 0 radical (unpaired) electrons. The Morgan fingerprint density at radius 2 is 2.00 bits per heavy atom. The summed E-state index contributed by atoms with van der Waals surface area (Å²) < 4.78 is 10.1. The van der Waals surface area contributed by atoms with Crippen molar-refractivity contribution in [2.75, 3.05) is 19.0 Å². The third kappa shape index (κ3) is 4.57. The summed E-state index contributed by atoms with van der Waals surface area (Å²) in [7, 11) is 1.32. The van der Waals surface area contributed by atoms with Gasteiger partial charge in [-0.25, -0.2) is 14.6 Å². The van der Waals surface area contributed by atoms with Gasteiger partial charge in [0.1, 0.15) is 10.8 Å². The van der Waals surface area contributed by atoms with Crippen LogP contribution in [-0.4, -0.2) is 41.5 Å². The zero-order valence-corrected chi connectivity index (χ0v) is 18.6. The summed E-state index contributed by atoms with van der Waals surface area (Å²) in [6.07, 6.45) is 5.98. The fourth-order valence-corrected chi connectivity index (χ4v) is 5.14. The number of methoxy groups -OCH3 is 1. The highest BCUT2D eigenvalue weighted by Gasteiger charge is 2.29. The molecule has 1 unspecified atom stereocenters. The van der Waals surface area contributed by atoms with E-state index in [1.807, 2.05) is 0 Å². The van der Waals surface area contributed by atoms with E-state index in [1.54, 1.807) is 36.7 Å². The lowest BCUT2D eigenvalue weighted by Crippen LogP contribution is -2.22. The van der Waals surface area contributed by atoms with E-state index in [0.29, 0.717) is 27.9 Å². The second kappa shape index (κ2) is 9.35. The zero-order chi connectivity index (χ0) is 22.7. The number of amides is 1. The van der Waals surface area contributed by atoms with Crippen LogP contribution in [0.2, 0.25) is 0 Å². The molecule has 32 heavy (non-hydrogen) atoms. The zero-order valence-electron chi connectivity index (χ0n) is 17.8. The van der Waals surface area contributed by atoms with Crippen LogP contribution in [0.4, 0.5) is 5.00 Å². The van der Waals surface area contributed by atoms with Crippen molar-refractivity contribution in [3.8, 4) is 11.4 Å². The topological polar surface area (TPSA) is 110 Å². The molecule has 2 N–H and O–H groups in total. The van der Waals surface area contributed by atoms with Gasteiger partial charge in [0, 0.05) is 22.8 Å². The molecule has 0 bridgehead atoms. The third-order valence-electron chi connectivity index (χ3n) is 5.38. The van der Waals surface area contributed by atoms with Crippen molar-refractivity contribution in [1.82, 2.24) is 9.97 Å². The van der Waals surface area contributed by atoms with Crippen LogP contribution < -0.4 is 5.32 Å². The number of hydrogen-bond donors (Lipinski definition) is 2. The van der Waals surface area contributed by atoms with E-state index >= 15 is 0 Å². The molecular formula is C23H23N3O5S. The van der Waals surface area contributed by atoms with Gasteiger partial charge in [0.25, 0.3) is 5.91 Å². The molecule has 0 fully saturated rings. The number of hydrogen-bond acceptors (Lipinski definition) is 7. The molecule has 1 aliphatic rings. The third-order valence-corrected chi connectivity index (χ3v) is 6.55. The molecule has 8 nitrogen and oxygen atoms in total. The number of benzene rings is 1. The number of thiophene rings is 1. The monoisotopic (exact) mass is 453 g/mol. The predicted octanol–water partition coefficient (Wildman–Crippen LogP) is 3.85. The lowest BCUT2D eigenvalue weighted by atomic mass is 9.88. The summed E-state index contributed by atoms with van der Waals surface area (Å²) in [5.41, 5.74) is 2.51. The Balaban J connectivity index is 1.40. The van der Waals surface area contributed by atoms with Gasteiger partial charge < -0.3 is 19.8 Å². The second-order valence-electron chi connectivity index (χ2n) is 7.69. The number of ether oxygens (including phenoxy) is 2. The smallest absolute Gasteiger partial charge is 0.341 e. The van der Waals surface area contributed by atoms with Gasteiger partial charge in [-0.1, -0.05) is 19.1 Å². The molecule has 2 aromatic heterocycles. The van der Waals surface area contributed by atoms with Crippen molar-refractivity contribution in [3.05, 3.63) is 58.2 Å². The van der Waals surface area contributed by atoms with Crippen LogP contribution in [-0.2, 0) is 27.1 Å². The van der Waals surface area contributed by atoms with Gasteiger partial charge in [0.05, 0.1) is 18.2 Å². The van der Waals surface area contributed by atoms with Gasteiger partial charge in [-0.3, -0.25) is 4.79 Å². The first-order chi connectivity index (χ1) is 15.5. The van der Waals surface area contributed by atoms with Crippen LogP contribution in [0.25, 0.3) is 11.4 Å². The molecule has 0 spiro atoms. The van der Waals surface area contributed by atoms with Gasteiger partial charge in [-0.15, -0.1) is 11.3 Å². The first kappa shape index (κ1) is 21.8. The van der Waals surface area contributed by atoms with Crippen LogP contribution in [0.15, 0.2) is 36.7 Å². The lowest BCUT2D eigenvalue weighted by molar-refractivity contribution is -0.119. The number of carbonyl (C=O) groups excluding carboxylic acids is 3. The number of rotatable bonds is 6. The van der Waals surface area contributed by atoms with E-state index in [4.69, 9.17) is 9.47 Å². The standard InChI is InChI=1S/C23H23N3O5S/c1-13-3-8-16-17(11-13)32-21(19(16)23(29)30-2)26-18(27)12-31-22(28)15-6-4-14(5-7-15)20-24-9-10-25-20/h4-7,9-10,13H,3,8,11-12H2,1-2H3,(H,24,25)(H,26,27). The Kier molecular flexibility index (Phi) is 6.36. The fraction of sp³-hybridized carbons (Fsp3) is 0.304. The predicted molar refractivity (Wildman–Crippen MR) is 120 cm³/mol. The van der Waals surface area contributed by atoms with Crippen LogP contribution in [0.3, 0.4) is 0 Å². The maximum atomic E-state index is 12.5. The molecule has 1 atom stereocenters. The first-order valence-corrected chi connectivity index (χ1v) is 11.1. The molecular weight excluding hydrogens is 430 g/mol. The fourth-order valence-electron chi connectivity index (χ4n) is 3.72. The lowest BCUT2D eigenvalue weighted by Gasteiger charge is -2.18. The SMILES string of the molecule is COC(=O)c1c(NC(=O)COC(=O)c2ccc(-c3ncc[nH]3)cc2)sc2c1CCC(C)C2. The summed E-state index contributed by atoms with van der Waals surface area (Å²) >= 11 is 1.39. The average Bonchev–Trinajstić information content (AvgIpc) is 3.45. The van der Waals surface area contributed by atoms with Crippen molar-refractivity contribution in [2.45, 2.75) is 26.2 Å². The average molecular weight is 454 g/mol. The molecule has 1 aromatic carbocycles. The van der Waals surface area contributed by atoms with Crippen molar-refractivity contribution >= 4 is 34.2 Å². The number of anilines is 1. The quantitative estimate of drug-likeness (QED) is 0.549. The van der Waals surface area contributed by atoms with Crippen LogP contribution in [0, 0.1) is 5.92 Å². The number of aromatic nitrogens is 2. The maximum absolute atomic E-state index is 12.5. The minimum Gasteiger partial charge on any atom is -0.465 e. The molecule has 1 aliphatic carbocycles. The largest absolute Gasteiger partial charge is 0.465 e. The van der Waals surface area contributed by atoms with E-state index in [1.165, 1.54) is 18.4 Å². The van der Waals surface area contributed by atoms with Gasteiger partial charge in [-0.2, -0.15) is 0 Å². The van der Waals surface area contributed by atoms with Crippen molar-refractivity contribution < 1.29 is 23.9 Å². The van der Waals surface area contributed by atoms with E-state index < -0.39 is 24.5 Å². The molecule has 0 saturated carbocycles. The Bertz CT molecular complexity index is 1140. The molecule has 2 heterocycles. The van der Waals surface area contributed by atoms with Gasteiger partial charge in [0.2, 0.25) is 0 Å². The number of carbonyl (C=O) groups is 3. The summed E-state index contributed by atoms with van der Waals surface area (Å²) in [4.78, 5) is 45.3. The molecule has 4 rings (SSSR count). The van der Waals surface area contributed by atoms with Gasteiger partial charge in [-0.05, 0) is 42.9 Å². The first-order valence-electron chi connectivity index (χ1n) is 10.3. The van der Waals surface area contributed by atoms with Crippen molar-refractivity contribution in [1.29, 1.82) is 0 Å². The van der Waals surface area contributed by atoms with Crippen LogP contribution >= 0.6 is 11.3 Å². The Hall–Kier alpha value is -3.46. The Morgan fingerprint density at radius 1 is 1.22 bits per heavy atom.